The Morgan fingerprint density at radius 2 is 1.97 bits per heavy atom. The number of fused-ring (bicyclic) bond motifs is 1. The summed E-state index contributed by atoms with van der Waals surface area (Å²) in [7, 11) is 0. The molecule has 0 fully saturated rings. The van der Waals surface area contributed by atoms with Gasteiger partial charge in [-0.15, -0.1) is 0 Å². The van der Waals surface area contributed by atoms with Gasteiger partial charge in [-0.25, -0.2) is 0 Å². The normalized spacial score (nSPS) is 16.3. The van der Waals surface area contributed by atoms with Gasteiger partial charge in [0.2, 0.25) is 5.91 Å². The molecular formula is C24H23ClN2O2. The summed E-state index contributed by atoms with van der Waals surface area (Å²) < 4.78 is 0. The lowest BCUT2D eigenvalue weighted by molar-refractivity contribution is -0.117. The molecule has 148 valence electrons. The number of nitrogens with zero attached hydrogens (tertiary/aromatic N) is 1. The van der Waals surface area contributed by atoms with E-state index in [9.17, 15) is 9.90 Å². The van der Waals surface area contributed by atoms with Gasteiger partial charge >= 0.3 is 0 Å². The predicted octanol–water partition coefficient (Wildman–Crippen LogP) is 5.67. The van der Waals surface area contributed by atoms with Crippen LogP contribution in [-0.2, 0) is 4.79 Å². The highest BCUT2D eigenvalue weighted by atomic mass is 35.5. The highest BCUT2D eigenvalue weighted by Gasteiger charge is 2.25. The fourth-order valence-electron chi connectivity index (χ4n) is 3.27. The monoisotopic (exact) mass is 406 g/mol. The molecule has 1 atom stereocenters. The summed E-state index contributed by atoms with van der Waals surface area (Å²) in [5.74, 6) is 0.0289. The first-order valence-corrected chi connectivity index (χ1v) is 9.81. The Kier molecular flexibility index (Phi) is 6.68. The second-order valence-corrected chi connectivity index (χ2v) is 7.23. The zero-order valence-electron chi connectivity index (χ0n) is 16.1. The third-order valence-corrected chi connectivity index (χ3v) is 5.00. The summed E-state index contributed by atoms with van der Waals surface area (Å²) in [5.41, 5.74) is 4.00. The summed E-state index contributed by atoms with van der Waals surface area (Å²) in [6, 6.07) is 11.6. The molecule has 5 heteroatoms. The molecule has 2 aromatic carbocycles. The SMILES string of the molecule is C=C/C=C(\C=C)CCCC1N=C(c2ccc(O)cc2)c2cc(Cl)ccc2NC1=O. The zero-order chi connectivity index (χ0) is 20.8. The van der Waals surface area contributed by atoms with E-state index in [4.69, 9.17) is 16.6 Å². The Hall–Kier alpha value is -3.11. The van der Waals surface area contributed by atoms with E-state index in [2.05, 4.69) is 18.5 Å². The van der Waals surface area contributed by atoms with E-state index >= 15 is 0 Å². The topological polar surface area (TPSA) is 61.7 Å². The Labute approximate surface area is 175 Å². The van der Waals surface area contributed by atoms with Crippen molar-refractivity contribution in [1.29, 1.82) is 0 Å². The van der Waals surface area contributed by atoms with Crippen molar-refractivity contribution in [2.75, 3.05) is 5.32 Å². The first-order valence-electron chi connectivity index (χ1n) is 9.44. The van der Waals surface area contributed by atoms with E-state index in [-0.39, 0.29) is 11.7 Å². The molecule has 1 aliphatic rings. The van der Waals surface area contributed by atoms with Gasteiger partial charge in [0.15, 0.2) is 0 Å². The van der Waals surface area contributed by atoms with Crippen molar-refractivity contribution in [2.45, 2.75) is 25.3 Å². The lowest BCUT2D eigenvalue weighted by Crippen LogP contribution is -2.25. The van der Waals surface area contributed by atoms with Gasteiger partial charge in [-0.2, -0.15) is 0 Å². The first kappa shape index (κ1) is 20.6. The average Bonchev–Trinajstić information content (AvgIpc) is 2.84. The number of halogens is 1. The van der Waals surface area contributed by atoms with Gasteiger partial charge in [0.05, 0.1) is 11.4 Å². The molecule has 0 aromatic heterocycles. The highest BCUT2D eigenvalue weighted by molar-refractivity contribution is 6.32. The van der Waals surface area contributed by atoms with Crippen molar-refractivity contribution in [3.8, 4) is 5.75 Å². The minimum Gasteiger partial charge on any atom is -0.508 e. The summed E-state index contributed by atoms with van der Waals surface area (Å²) >= 11 is 6.21. The molecule has 4 nitrogen and oxygen atoms in total. The molecular weight excluding hydrogens is 384 g/mol. The lowest BCUT2D eigenvalue weighted by Gasteiger charge is -2.11. The van der Waals surface area contributed by atoms with Crippen LogP contribution in [0.25, 0.3) is 0 Å². The van der Waals surface area contributed by atoms with Crippen LogP contribution in [0.15, 0.2) is 84.4 Å². The second kappa shape index (κ2) is 9.39. The molecule has 0 aliphatic carbocycles. The minimum atomic E-state index is -0.528. The lowest BCUT2D eigenvalue weighted by atomic mass is 10.00. The molecule has 0 radical (unpaired) electrons. The van der Waals surface area contributed by atoms with Gasteiger partial charge in [0.25, 0.3) is 0 Å². The molecule has 0 bridgehead atoms. The average molecular weight is 407 g/mol. The molecule has 0 saturated heterocycles. The number of anilines is 1. The first-order chi connectivity index (χ1) is 14.0. The number of amides is 1. The fourth-order valence-corrected chi connectivity index (χ4v) is 3.44. The second-order valence-electron chi connectivity index (χ2n) is 6.79. The van der Waals surface area contributed by atoms with Crippen LogP contribution >= 0.6 is 11.6 Å². The predicted molar refractivity (Wildman–Crippen MR) is 120 cm³/mol. The number of nitrogens with one attached hydrogen (secondary N) is 1. The third kappa shape index (κ3) is 5.04. The van der Waals surface area contributed by atoms with E-state index in [0.29, 0.717) is 22.8 Å². The molecule has 1 heterocycles. The molecule has 2 aromatic rings. The van der Waals surface area contributed by atoms with E-state index in [0.717, 1.165) is 29.5 Å². The Morgan fingerprint density at radius 1 is 1.21 bits per heavy atom. The number of hydrogen-bond donors (Lipinski definition) is 2. The maximum Gasteiger partial charge on any atom is 0.249 e. The number of rotatable bonds is 7. The number of carbonyl (C=O) groups excluding carboxylic acids is 1. The third-order valence-electron chi connectivity index (χ3n) is 4.76. The van der Waals surface area contributed by atoms with E-state index in [1.807, 2.05) is 6.08 Å². The maximum absolute atomic E-state index is 12.8. The number of aromatic hydroxyl groups is 1. The fraction of sp³-hybridized carbons (Fsp3) is 0.167. The molecule has 29 heavy (non-hydrogen) atoms. The zero-order valence-corrected chi connectivity index (χ0v) is 16.8. The van der Waals surface area contributed by atoms with Crippen LogP contribution in [0.3, 0.4) is 0 Å². The van der Waals surface area contributed by atoms with Gasteiger partial charge < -0.3 is 10.4 Å². The summed E-state index contributed by atoms with van der Waals surface area (Å²) in [6.45, 7) is 7.53. The quantitative estimate of drug-likeness (QED) is 0.581. The van der Waals surface area contributed by atoms with Gasteiger partial charge in [-0.3, -0.25) is 9.79 Å². The molecule has 3 rings (SSSR count). The Balaban J connectivity index is 1.95. The standard InChI is InChI=1S/C24H23ClN2O2/c1-3-6-16(4-2)7-5-8-22-24(29)27-21-14-11-18(25)15-20(21)23(26-22)17-9-12-19(28)13-10-17/h3-4,6,9-15,22,28H,1-2,5,7-8H2,(H,27,29)/b16-6+. The van der Waals surface area contributed by atoms with Crippen molar-refractivity contribution in [3.05, 3.63) is 95.6 Å². The van der Waals surface area contributed by atoms with Crippen molar-refractivity contribution in [1.82, 2.24) is 0 Å². The molecule has 0 spiro atoms. The van der Waals surface area contributed by atoms with Crippen molar-refractivity contribution in [2.24, 2.45) is 4.99 Å². The molecule has 1 unspecified atom stereocenters. The van der Waals surface area contributed by atoms with Crippen LogP contribution in [0.4, 0.5) is 5.69 Å². The van der Waals surface area contributed by atoms with Gasteiger partial charge in [-0.1, -0.05) is 43.0 Å². The van der Waals surface area contributed by atoms with Crippen LogP contribution in [0.1, 0.15) is 30.4 Å². The highest BCUT2D eigenvalue weighted by Crippen LogP contribution is 2.29. The van der Waals surface area contributed by atoms with Crippen LogP contribution in [0.2, 0.25) is 5.02 Å². The molecule has 2 N–H and O–H groups in total. The van der Waals surface area contributed by atoms with Crippen LogP contribution in [0.5, 0.6) is 5.75 Å². The van der Waals surface area contributed by atoms with Gasteiger partial charge in [0, 0.05) is 16.1 Å². The molecule has 1 amide bonds. The van der Waals surface area contributed by atoms with Crippen LogP contribution in [-0.4, -0.2) is 22.8 Å². The van der Waals surface area contributed by atoms with E-state index in [1.165, 1.54) is 0 Å². The number of carbonyl (C=O) groups is 1. The number of hydrogen-bond acceptors (Lipinski definition) is 3. The van der Waals surface area contributed by atoms with Crippen molar-refractivity contribution >= 4 is 28.9 Å². The summed E-state index contributed by atoms with van der Waals surface area (Å²) in [4.78, 5) is 17.6. The summed E-state index contributed by atoms with van der Waals surface area (Å²) in [5, 5.41) is 13.2. The number of allylic oxidation sites excluding steroid dienone is 4. The van der Waals surface area contributed by atoms with Gasteiger partial charge in [0.1, 0.15) is 11.8 Å². The number of benzene rings is 2. The minimum absolute atomic E-state index is 0.143. The number of aliphatic imine (C=N–C) groups is 1. The maximum atomic E-state index is 12.8. The number of benzodiazepines with no additional fused rings is 1. The van der Waals surface area contributed by atoms with Crippen molar-refractivity contribution in [3.63, 3.8) is 0 Å². The van der Waals surface area contributed by atoms with Crippen LogP contribution < -0.4 is 5.32 Å². The van der Waals surface area contributed by atoms with E-state index in [1.54, 1.807) is 54.6 Å². The van der Waals surface area contributed by atoms with E-state index < -0.39 is 6.04 Å². The molecule has 0 saturated carbocycles. The van der Waals surface area contributed by atoms with Gasteiger partial charge in [-0.05, 0) is 67.3 Å². The Morgan fingerprint density at radius 3 is 2.66 bits per heavy atom. The molecule has 1 aliphatic heterocycles. The largest absolute Gasteiger partial charge is 0.508 e. The number of phenolic OH excluding ortho intramolecular Hbond substituents is 1. The van der Waals surface area contributed by atoms with Crippen molar-refractivity contribution < 1.29 is 9.90 Å². The smallest absolute Gasteiger partial charge is 0.249 e. The number of phenols is 1. The Bertz CT molecular complexity index is 990. The summed E-state index contributed by atoms with van der Waals surface area (Å²) in [6.07, 6.45) is 7.63. The van der Waals surface area contributed by atoms with Crippen LogP contribution in [0, 0.1) is 0 Å².